The molecule has 1 heterocycles. The van der Waals surface area contributed by atoms with Crippen LogP contribution in [0.5, 0.6) is 0 Å². The van der Waals surface area contributed by atoms with Gasteiger partial charge in [-0.2, -0.15) is 0 Å². The second-order valence-electron chi connectivity index (χ2n) is 5.74. The first-order valence-electron chi connectivity index (χ1n) is 7.71. The van der Waals surface area contributed by atoms with Crippen LogP contribution in [-0.4, -0.2) is 44.8 Å². The molecule has 0 aliphatic heterocycles. The third-order valence-electron chi connectivity index (χ3n) is 3.61. The molecule has 2 rings (SSSR count). The Kier molecular flexibility index (Phi) is 5.83. The minimum Gasteiger partial charge on any atom is -0.469 e. The van der Waals surface area contributed by atoms with Crippen molar-refractivity contribution in [1.82, 2.24) is 4.31 Å². The van der Waals surface area contributed by atoms with Crippen molar-refractivity contribution in [3.8, 4) is 0 Å². The van der Waals surface area contributed by atoms with Crippen LogP contribution in [0.4, 0.5) is 5.69 Å². The maximum absolute atomic E-state index is 12.2. The van der Waals surface area contributed by atoms with E-state index in [9.17, 15) is 18.0 Å². The van der Waals surface area contributed by atoms with E-state index in [-0.39, 0.29) is 16.1 Å². The lowest BCUT2D eigenvalue weighted by atomic mass is 10.2. The molecule has 140 valence electrons. The number of nitrogens with zero attached hydrogens (tertiary/aromatic N) is 1. The zero-order valence-corrected chi connectivity index (χ0v) is 15.7. The van der Waals surface area contributed by atoms with E-state index >= 15 is 0 Å². The van der Waals surface area contributed by atoms with Crippen molar-refractivity contribution < 1.29 is 27.2 Å². The van der Waals surface area contributed by atoms with Crippen LogP contribution in [0, 0.1) is 6.92 Å². The molecule has 0 radical (unpaired) electrons. The smallest absolute Gasteiger partial charge is 0.342 e. The summed E-state index contributed by atoms with van der Waals surface area (Å²) in [4.78, 5) is 24.3. The van der Waals surface area contributed by atoms with E-state index in [0.717, 1.165) is 4.31 Å². The van der Waals surface area contributed by atoms with Crippen LogP contribution in [0.15, 0.2) is 45.9 Å². The van der Waals surface area contributed by atoms with E-state index in [1.165, 1.54) is 51.5 Å². The molecule has 0 spiro atoms. The summed E-state index contributed by atoms with van der Waals surface area (Å²) >= 11 is 0. The van der Waals surface area contributed by atoms with E-state index in [4.69, 9.17) is 9.15 Å². The van der Waals surface area contributed by atoms with E-state index < -0.39 is 28.0 Å². The van der Waals surface area contributed by atoms with Crippen molar-refractivity contribution in [1.29, 1.82) is 0 Å². The summed E-state index contributed by atoms with van der Waals surface area (Å²) < 4.78 is 35.5. The Balaban J connectivity index is 2.08. The Hall–Kier alpha value is -2.65. The first-order chi connectivity index (χ1) is 12.1. The molecule has 1 N–H and O–H groups in total. The van der Waals surface area contributed by atoms with Gasteiger partial charge in [0.1, 0.15) is 11.3 Å². The third kappa shape index (κ3) is 4.30. The van der Waals surface area contributed by atoms with Crippen LogP contribution < -0.4 is 5.32 Å². The number of esters is 1. The maximum Gasteiger partial charge on any atom is 0.342 e. The number of hydrogen-bond donors (Lipinski definition) is 1. The lowest BCUT2D eigenvalue weighted by Crippen LogP contribution is -2.30. The van der Waals surface area contributed by atoms with E-state index in [1.807, 2.05) is 0 Å². The van der Waals surface area contributed by atoms with Gasteiger partial charge in [-0.05, 0) is 38.1 Å². The normalized spacial score (nSPS) is 12.7. The van der Waals surface area contributed by atoms with Gasteiger partial charge < -0.3 is 14.5 Å². The minimum atomic E-state index is -3.62. The molecule has 0 unspecified atom stereocenters. The Morgan fingerprint density at radius 2 is 1.92 bits per heavy atom. The number of carbonyl (C=O) groups is 2. The predicted octanol–water partition coefficient (Wildman–Crippen LogP) is 2.02. The number of amides is 1. The summed E-state index contributed by atoms with van der Waals surface area (Å²) in [6.45, 7) is 3.03. The third-order valence-corrected chi connectivity index (χ3v) is 5.42. The van der Waals surface area contributed by atoms with Crippen LogP contribution in [0.1, 0.15) is 23.0 Å². The molecular weight excluding hydrogens is 360 g/mol. The standard InChI is InChI=1S/C17H20N2O6S/c1-11-15(8-9-24-11)17(21)25-12(2)16(20)18-13-6-5-7-14(10-13)26(22,23)19(3)4/h5-10,12H,1-4H3,(H,18,20)/t12-/m0/s1. The van der Waals surface area contributed by atoms with Crippen LogP contribution in [0.25, 0.3) is 0 Å². The Morgan fingerprint density at radius 1 is 1.23 bits per heavy atom. The lowest BCUT2D eigenvalue weighted by Gasteiger charge is -2.15. The summed E-state index contributed by atoms with van der Waals surface area (Å²) in [6.07, 6.45) is 0.277. The van der Waals surface area contributed by atoms with Gasteiger partial charge in [-0.25, -0.2) is 17.5 Å². The van der Waals surface area contributed by atoms with Gasteiger partial charge in [0, 0.05) is 19.8 Å². The van der Waals surface area contributed by atoms with E-state index in [2.05, 4.69) is 5.32 Å². The molecule has 0 saturated heterocycles. The second kappa shape index (κ2) is 7.71. The fourth-order valence-electron chi connectivity index (χ4n) is 2.06. The van der Waals surface area contributed by atoms with Gasteiger partial charge >= 0.3 is 5.97 Å². The fourth-order valence-corrected chi connectivity index (χ4v) is 3.01. The molecule has 0 saturated carbocycles. The molecule has 0 aliphatic carbocycles. The molecule has 2 aromatic rings. The summed E-state index contributed by atoms with van der Waals surface area (Å²) in [5.74, 6) is -0.870. The average molecular weight is 380 g/mol. The van der Waals surface area contributed by atoms with Gasteiger partial charge in [-0.15, -0.1) is 0 Å². The monoisotopic (exact) mass is 380 g/mol. The van der Waals surface area contributed by atoms with Gasteiger partial charge in [0.2, 0.25) is 10.0 Å². The fraction of sp³-hybridized carbons (Fsp3) is 0.294. The highest BCUT2D eigenvalue weighted by molar-refractivity contribution is 7.89. The van der Waals surface area contributed by atoms with E-state index in [0.29, 0.717) is 5.76 Å². The number of sulfonamides is 1. The van der Waals surface area contributed by atoms with Gasteiger partial charge in [-0.1, -0.05) is 6.07 Å². The van der Waals surface area contributed by atoms with Gasteiger partial charge in [0.15, 0.2) is 6.10 Å². The van der Waals surface area contributed by atoms with Crippen LogP contribution in [-0.2, 0) is 19.6 Å². The summed E-state index contributed by atoms with van der Waals surface area (Å²) in [6, 6.07) is 7.27. The molecule has 0 aliphatic rings. The number of ether oxygens (including phenoxy) is 1. The van der Waals surface area contributed by atoms with Gasteiger partial charge in [0.25, 0.3) is 5.91 Å². The second-order valence-corrected chi connectivity index (χ2v) is 7.89. The lowest BCUT2D eigenvalue weighted by molar-refractivity contribution is -0.123. The van der Waals surface area contributed by atoms with Crippen LogP contribution in [0.3, 0.4) is 0 Å². The molecular formula is C17H20N2O6S. The first kappa shape index (κ1) is 19.7. The van der Waals surface area contributed by atoms with Crippen LogP contribution in [0.2, 0.25) is 0 Å². The predicted molar refractivity (Wildman–Crippen MR) is 94.3 cm³/mol. The van der Waals surface area contributed by atoms with Crippen molar-refractivity contribution in [3.63, 3.8) is 0 Å². The molecule has 1 aromatic carbocycles. The zero-order chi connectivity index (χ0) is 19.5. The molecule has 0 fully saturated rings. The Labute approximate surface area is 151 Å². The van der Waals surface area contributed by atoms with Crippen molar-refractivity contribution in [2.24, 2.45) is 0 Å². The largest absolute Gasteiger partial charge is 0.469 e. The summed E-state index contributed by atoms with van der Waals surface area (Å²) in [5, 5.41) is 2.54. The van der Waals surface area contributed by atoms with Gasteiger partial charge in [-0.3, -0.25) is 4.79 Å². The highest BCUT2D eigenvalue weighted by atomic mass is 32.2. The van der Waals surface area contributed by atoms with Crippen molar-refractivity contribution in [2.75, 3.05) is 19.4 Å². The number of anilines is 1. The number of rotatable bonds is 6. The molecule has 1 amide bonds. The average Bonchev–Trinajstić information content (AvgIpc) is 3.01. The highest BCUT2D eigenvalue weighted by Crippen LogP contribution is 2.18. The number of nitrogens with one attached hydrogen (secondary N) is 1. The zero-order valence-electron chi connectivity index (χ0n) is 14.8. The maximum atomic E-state index is 12.2. The van der Waals surface area contributed by atoms with Crippen molar-refractivity contribution >= 4 is 27.6 Å². The topological polar surface area (TPSA) is 106 Å². The van der Waals surface area contributed by atoms with Gasteiger partial charge in [0.05, 0.1) is 11.2 Å². The molecule has 8 nitrogen and oxygen atoms in total. The Morgan fingerprint density at radius 3 is 2.50 bits per heavy atom. The SMILES string of the molecule is Cc1occc1C(=O)O[C@@H](C)C(=O)Nc1cccc(S(=O)(=O)N(C)C)c1. The van der Waals surface area contributed by atoms with Crippen molar-refractivity contribution in [3.05, 3.63) is 47.9 Å². The first-order valence-corrected chi connectivity index (χ1v) is 9.15. The molecule has 9 heteroatoms. The van der Waals surface area contributed by atoms with Crippen LogP contribution >= 0.6 is 0 Å². The van der Waals surface area contributed by atoms with E-state index in [1.54, 1.807) is 13.0 Å². The Bertz CT molecular complexity index is 917. The number of furan rings is 1. The van der Waals surface area contributed by atoms with Crippen molar-refractivity contribution in [2.45, 2.75) is 24.8 Å². The minimum absolute atomic E-state index is 0.0407. The number of benzene rings is 1. The molecule has 0 bridgehead atoms. The number of hydrogen-bond acceptors (Lipinski definition) is 6. The quantitative estimate of drug-likeness (QED) is 0.769. The highest BCUT2D eigenvalue weighted by Gasteiger charge is 2.22. The molecule has 1 atom stereocenters. The number of carbonyl (C=O) groups excluding carboxylic acids is 2. The molecule has 1 aromatic heterocycles. The molecule has 26 heavy (non-hydrogen) atoms. The number of aryl methyl sites for hydroxylation is 1. The summed E-state index contributed by atoms with van der Waals surface area (Å²) in [7, 11) is -0.789. The summed E-state index contributed by atoms with van der Waals surface area (Å²) in [5.41, 5.74) is 0.518.